The lowest BCUT2D eigenvalue weighted by Gasteiger charge is -2.08. The van der Waals surface area contributed by atoms with E-state index in [-0.39, 0.29) is 0 Å². The largest absolute Gasteiger partial charge is 0.294 e. The summed E-state index contributed by atoms with van der Waals surface area (Å²) in [6, 6.07) is 4.24. The maximum atomic E-state index is 11.6. The maximum Gasteiger partial charge on any atom is 0.163 e. The number of ketones is 1. The highest BCUT2D eigenvalue weighted by atomic mass is 16.1. The van der Waals surface area contributed by atoms with Crippen molar-refractivity contribution in [3.05, 3.63) is 34.4 Å². The molecule has 0 heterocycles. The number of rotatable bonds is 1. The van der Waals surface area contributed by atoms with Crippen molar-refractivity contribution in [1.82, 2.24) is 0 Å². The van der Waals surface area contributed by atoms with Crippen molar-refractivity contribution < 1.29 is 4.79 Å². The number of benzene rings is 1. The van der Waals surface area contributed by atoms with Crippen LogP contribution in [0.5, 0.6) is 0 Å². The van der Waals surface area contributed by atoms with Crippen molar-refractivity contribution in [1.29, 1.82) is 0 Å². The zero-order valence-corrected chi connectivity index (χ0v) is 8.18. The molecular weight excluding hydrogens is 160 g/mol. The Labute approximate surface area is 78.8 Å². The van der Waals surface area contributed by atoms with Gasteiger partial charge in [-0.2, -0.15) is 0 Å². The molecule has 13 heavy (non-hydrogen) atoms. The summed E-state index contributed by atoms with van der Waals surface area (Å²) < 4.78 is 0. The number of hydrogen-bond acceptors (Lipinski definition) is 1. The Hall–Kier alpha value is -1.11. The molecule has 1 aliphatic carbocycles. The lowest BCUT2D eigenvalue weighted by Crippen LogP contribution is -2.00. The molecule has 0 bridgehead atoms. The molecule has 0 amide bonds. The van der Waals surface area contributed by atoms with Crippen molar-refractivity contribution in [3.8, 4) is 0 Å². The number of aryl methyl sites for hydroxylation is 2. The van der Waals surface area contributed by atoms with Crippen LogP contribution in [0.3, 0.4) is 0 Å². The molecule has 1 aromatic carbocycles. The van der Waals surface area contributed by atoms with Crippen LogP contribution in [-0.4, -0.2) is 5.78 Å². The first-order valence-electron chi connectivity index (χ1n) is 4.88. The summed E-state index contributed by atoms with van der Waals surface area (Å²) in [5, 5.41) is 0. The van der Waals surface area contributed by atoms with Crippen molar-refractivity contribution in [2.45, 2.75) is 33.1 Å². The van der Waals surface area contributed by atoms with E-state index in [0.717, 1.165) is 18.4 Å². The third-order valence-corrected chi connectivity index (χ3v) is 2.89. The molecule has 0 saturated carbocycles. The number of fused-ring (bicyclic) bond motifs is 1. The van der Waals surface area contributed by atoms with Crippen LogP contribution in [0, 0.1) is 6.92 Å². The molecule has 0 unspecified atom stereocenters. The Morgan fingerprint density at radius 3 is 2.77 bits per heavy atom. The number of Topliss-reactive ketones (excluding diaryl/α,β-unsaturated/α-hetero) is 1. The molecule has 2 rings (SSSR count). The van der Waals surface area contributed by atoms with Gasteiger partial charge in [-0.1, -0.05) is 19.1 Å². The highest BCUT2D eigenvalue weighted by Crippen LogP contribution is 2.27. The molecule has 0 fully saturated rings. The molecule has 0 atom stereocenters. The monoisotopic (exact) mass is 174 g/mol. The second-order valence-electron chi connectivity index (χ2n) is 3.67. The van der Waals surface area contributed by atoms with Crippen molar-refractivity contribution in [2.75, 3.05) is 0 Å². The lowest BCUT2D eigenvalue weighted by molar-refractivity contribution is 0.0994. The first-order chi connectivity index (χ1) is 6.24. The first kappa shape index (κ1) is 8.49. The number of carbonyl (C=O) groups is 1. The van der Waals surface area contributed by atoms with E-state index in [0.29, 0.717) is 12.2 Å². The van der Waals surface area contributed by atoms with E-state index in [1.165, 1.54) is 16.7 Å². The van der Waals surface area contributed by atoms with Crippen molar-refractivity contribution >= 4 is 5.78 Å². The fraction of sp³-hybridized carbons (Fsp3) is 0.417. The molecular formula is C12H14O. The molecule has 1 heteroatoms. The van der Waals surface area contributed by atoms with E-state index in [1.807, 2.05) is 0 Å². The number of carbonyl (C=O) groups excluding carboxylic acids is 1. The third kappa shape index (κ3) is 1.19. The molecule has 0 saturated heterocycles. The van der Waals surface area contributed by atoms with Crippen molar-refractivity contribution in [3.63, 3.8) is 0 Å². The van der Waals surface area contributed by atoms with Crippen LogP contribution < -0.4 is 0 Å². The maximum absolute atomic E-state index is 11.6. The Morgan fingerprint density at radius 2 is 2.08 bits per heavy atom. The van der Waals surface area contributed by atoms with Crippen LogP contribution in [0.2, 0.25) is 0 Å². The quantitative estimate of drug-likeness (QED) is 0.639. The normalized spacial score (nSPS) is 14.8. The molecule has 0 spiro atoms. The molecule has 1 nitrogen and oxygen atoms in total. The van der Waals surface area contributed by atoms with Gasteiger partial charge in [-0.05, 0) is 36.5 Å². The summed E-state index contributed by atoms with van der Waals surface area (Å²) in [5.74, 6) is 0.343. The number of hydrogen-bond donors (Lipinski definition) is 0. The Bertz CT molecular complexity index is 364. The highest BCUT2D eigenvalue weighted by molar-refractivity contribution is 6.02. The topological polar surface area (TPSA) is 17.1 Å². The van der Waals surface area contributed by atoms with Gasteiger partial charge in [-0.25, -0.2) is 0 Å². The zero-order valence-electron chi connectivity index (χ0n) is 8.18. The van der Waals surface area contributed by atoms with Crippen LogP contribution in [-0.2, 0) is 12.8 Å². The summed E-state index contributed by atoms with van der Waals surface area (Å²) >= 11 is 0. The van der Waals surface area contributed by atoms with E-state index in [4.69, 9.17) is 0 Å². The Morgan fingerprint density at radius 1 is 1.31 bits per heavy atom. The standard InChI is InChI=1S/C12H14O/c1-3-10-8(2)4-5-9-6-7-11(13)12(9)10/h4-5H,3,6-7H2,1-2H3. The minimum absolute atomic E-state index is 0.343. The van der Waals surface area contributed by atoms with Gasteiger partial charge in [0.05, 0.1) is 0 Å². The highest BCUT2D eigenvalue weighted by Gasteiger charge is 2.22. The summed E-state index contributed by atoms with van der Waals surface area (Å²) in [6.45, 7) is 4.21. The van der Waals surface area contributed by atoms with E-state index >= 15 is 0 Å². The summed E-state index contributed by atoms with van der Waals surface area (Å²) in [4.78, 5) is 11.6. The molecule has 0 radical (unpaired) electrons. The van der Waals surface area contributed by atoms with Gasteiger partial charge in [-0.15, -0.1) is 0 Å². The van der Waals surface area contributed by atoms with Crippen LogP contribution in [0.1, 0.15) is 40.4 Å². The van der Waals surface area contributed by atoms with Crippen molar-refractivity contribution in [2.24, 2.45) is 0 Å². The average molecular weight is 174 g/mol. The molecule has 0 N–H and O–H groups in total. The Kier molecular flexibility index (Phi) is 1.95. The van der Waals surface area contributed by atoms with Crippen LogP contribution in [0.25, 0.3) is 0 Å². The molecule has 1 aromatic rings. The molecule has 0 aliphatic heterocycles. The van der Waals surface area contributed by atoms with Gasteiger partial charge in [-0.3, -0.25) is 4.79 Å². The summed E-state index contributed by atoms with van der Waals surface area (Å²) in [5.41, 5.74) is 4.81. The van der Waals surface area contributed by atoms with E-state index in [1.54, 1.807) is 0 Å². The first-order valence-corrected chi connectivity index (χ1v) is 4.88. The second kappa shape index (κ2) is 2.99. The van der Waals surface area contributed by atoms with E-state index in [9.17, 15) is 4.79 Å². The van der Waals surface area contributed by atoms with Gasteiger partial charge >= 0.3 is 0 Å². The van der Waals surface area contributed by atoms with Gasteiger partial charge in [0.15, 0.2) is 5.78 Å². The van der Waals surface area contributed by atoms with Crippen LogP contribution in [0.15, 0.2) is 12.1 Å². The second-order valence-corrected chi connectivity index (χ2v) is 3.67. The van der Waals surface area contributed by atoms with E-state index < -0.39 is 0 Å². The zero-order chi connectivity index (χ0) is 9.42. The van der Waals surface area contributed by atoms with Crippen LogP contribution in [0.4, 0.5) is 0 Å². The summed E-state index contributed by atoms with van der Waals surface area (Å²) in [7, 11) is 0. The fourth-order valence-electron chi connectivity index (χ4n) is 2.19. The SMILES string of the molecule is CCc1c(C)ccc2c1C(=O)CC2. The minimum Gasteiger partial charge on any atom is -0.294 e. The fourth-order valence-corrected chi connectivity index (χ4v) is 2.19. The van der Waals surface area contributed by atoms with Gasteiger partial charge in [0.2, 0.25) is 0 Å². The predicted molar refractivity (Wildman–Crippen MR) is 53.2 cm³/mol. The van der Waals surface area contributed by atoms with Crippen LogP contribution >= 0.6 is 0 Å². The smallest absolute Gasteiger partial charge is 0.163 e. The van der Waals surface area contributed by atoms with Gasteiger partial charge in [0.1, 0.15) is 0 Å². The van der Waals surface area contributed by atoms with Gasteiger partial charge < -0.3 is 0 Å². The molecule has 1 aliphatic rings. The van der Waals surface area contributed by atoms with Gasteiger partial charge in [0, 0.05) is 12.0 Å². The predicted octanol–water partition coefficient (Wildman–Crippen LogP) is 2.69. The van der Waals surface area contributed by atoms with E-state index in [2.05, 4.69) is 26.0 Å². The molecule has 0 aromatic heterocycles. The molecule has 68 valence electrons. The third-order valence-electron chi connectivity index (χ3n) is 2.89. The summed E-state index contributed by atoms with van der Waals surface area (Å²) in [6.07, 6.45) is 2.63. The Balaban J connectivity index is 2.67. The minimum atomic E-state index is 0.343. The lowest BCUT2D eigenvalue weighted by atomic mass is 9.96. The van der Waals surface area contributed by atoms with Gasteiger partial charge in [0.25, 0.3) is 0 Å². The average Bonchev–Trinajstić information content (AvgIpc) is 2.49.